The second kappa shape index (κ2) is 2.36. The third-order valence-corrected chi connectivity index (χ3v) is 1.46. The molecule has 0 atom stereocenters. The van der Waals surface area contributed by atoms with E-state index in [9.17, 15) is 4.39 Å². The molecule has 0 radical (unpaired) electrons. The normalized spacial score (nSPS) is 19.1. The third-order valence-electron chi connectivity index (χ3n) is 1.14. The van der Waals surface area contributed by atoms with Crippen LogP contribution in [0.5, 0.6) is 0 Å². The molecule has 0 saturated carbocycles. The zero-order chi connectivity index (χ0) is 6.85. The summed E-state index contributed by atoms with van der Waals surface area (Å²) in [5.41, 5.74) is 0.367. The summed E-state index contributed by atoms with van der Waals surface area (Å²) in [6, 6.07) is 0. The van der Waals surface area contributed by atoms with Gasteiger partial charge in [0.1, 0.15) is 5.83 Å². The maximum Gasteiger partial charge on any atom is 0.144 e. The first-order chi connectivity index (χ1) is 4.22. The molecule has 0 aliphatic heterocycles. The van der Waals surface area contributed by atoms with Crippen LogP contribution in [0.4, 0.5) is 4.39 Å². The molecule has 2 heteroatoms. The van der Waals surface area contributed by atoms with Gasteiger partial charge in [-0.1, -0.05) is 30.3 Å². The fraction of sp³-hybridized carbons (Fsp3) is 0.143. The zero-order valence-corrected chi connectivity index (χ0v) is 5.58. The molecule has 0 bridgehead atoms. The summed E-state index contributed by atoms with van der Waals surface area (Å²) in [7, 11) is 0. The average Bonchev–Trinajstić information content (AvgIpc) is 1.83. The van der Waals surface area contributed by atoms with Crippen molar-refractivity contribution in [2.75, 3.05) is 0 Å². The van der Waals surface area contributed by atoms with Crippen LogP contribution in [0.2, 0.25) is 0 Å². The Bertz CT molecular complexity index is 201. The predicted octanol–water partition coefficient (Wildman–Crippen LogP) is 2.92. The van der Waals surface area contributed by atoms with Crippen molar-refractivity contribution in [1.29, 1.82) is 0 Å². The molecular formula is C7H6ClF. The Morgan fingerprint density at radius 3 is 2.78 bits per heavy atom. The second-order valence-electron chi connectivity index (χ2n) is 1.85. The van der Waals surface area contributed by atoms with Crippen LogP contribution in [0.15, 0.2) is 35.2 Å². The van der Waals surface area contributed by atoms with E-state index in [1.807, 2.05) is 0 Å². The lowest BCUT2D eigenvalue weighted by Gasteiger charge is -2.04. The first kappa shape index (κ1) is 6.56. The Hall–Kier alpha value is -0.560. The Kier molecular flexibility index (Phi) is 1.72. The lowest BCUT2D eigenvalue weighted by molar-refractivity contribution is 0.647. The summed E-state index contributed by atoms with van der Waals surface area (Å²) in [6.45, 7) is 3.44. The van der Waals surface area contributed by atoms with Crippen LogP contribution in [0.1, 0.15) is 6.42 Å². The number of rotatable bonds is 0. The SMILES string of the molecule is C=C1C=CCC(Cl)=C1F. The molecule has 0 aromatic rings. The van der Waals surface area contributed by atoms with Gasteiger partial charge in [-0.15, -0.1) is 0 Å². The molecule has 0 N–H and O–H groups in total. The van der Waals surface area contributed by atoms with Crippen molar-refractivity contribution in [2.45, 2.75) is 6.42 Å². The van der Waals surface area contributed by atoms with Gasteiger partial charge in [0.2, 0.25) is 0 Å². The summed E-state index contributed by atoms with van der Waals surface area (Å²) >= 11 is 5.45. The van der Waals surface area contributed by atoms with Crippen LogP contribution < -0.4 is 0 Å². The minimum absolute atomic E-state index is 0.252. The van der Waals surface area contributed by atoms with Gasteiger partial charge in [0, 0.05) is 12.0 Å². The van der Waals surface area contributed by atoms with Crippen molar-refractivity contribution in [3.05, 3.63) is 35.2 Å². The highest BCUT2D eigenvalue weighted by Gasteiger charge is 2.07. The summed E-state index contributed by atoms with van der Waals surface area (Å²) in [5.74, 6) is -0.376. The quantitative estimate of drug-likeness (QED) is 0.491. The lowest BCUT2D eigenvalue weighted by atomic mass is 10.1. The number of halogens is 2. The molecule has 0 fully saturated rings. The van der Waals surface area contributed by atoms with Crippen molar-refractivity contribution in [3.63, 3.8) is 0 Å². The van der Waals surface area contributed by atoms with E-state index < -0.39 is 0 Å². The Labute approximate surface area is 58.3 Å². The van der Waals surface area contributed by atoms with Crippen LogP contribution in [0.25, 0.3) is 0 Å². The maximum absolute atomic E-state index is 12.6. The van der Waals surface area contributed by atoms with Crippen LogP contribution in [0, 0.1) is 0 Å². The molecule has 0 amide bonds. The molecule has 0 aromatic heterocycles. The summed E-state index contributed by atoms with van der Waals surface area (Å²) < 4.78 is 12.6. The Morgan fingerprint density at radius 1 is 1.67 bits per heavy atom. The van der Waals surface area contributed by atoms with Gasteiger partial charge in [-0.25, -0.2) is 4.39 Å². The molecule has 0 aromatic carbocycles. The highest BCUT2D eigenvalue weighted by Crippen LogP contribution is 2.26. The first-order valence-electron chi connectivity index (χ1n) is 2.62. The van der Waals surface area contributed by atoms with Gasteiger partial charge in [0.15, 0.2) is 0 Å². The van der Waals surface area contributed by atoms with Gasteiger partial charge in [-0.05, 0) is 0 Å². The molecule has 0 nitrogen and oxygen atoms in total. The van der Waals surface area contributed by atoms with E-state index in [2.05, 4.69) is 6.58 Å². The minimum Gasteiger partial charge on any atom is -0.205 e. The van der Waals surface area contributed by atoms with Crippen molar-refractivity contribution in [3.8, 4) is 0 Å². The van der Waals surface area contributed by atoms with Gasteiger partial charge in [-0.2, -0.15) is 0 Å². The van der Waals surface area contributed by atoms with Crippen LogP contribution in [0.3, 0.4) is 0 Å². The monoisotopic (exact) mass is 144 g/mol. The van der Waals surface area contributed by atoms with Gasteiger partial charge in [-0.3, -0.25) is 0 Å². The van der Waals surface area contributed by atoms with Crippen LogP contribution in [-0.4, -0.2) is 0 Å². The number of allylic oxidation sites excluding steroid dienone is 5. The van der Waals surface area contributed by atoms with E-state index in [4.69, 9.17) is 11.6 Å². The second-order valence-corrected chi connectivity index (χ2v) is 2.31. The average molecular weight is 145 g/mol. The standard InChI is InChI=1S/C7H6ClF/c1-5-3-2-4-6(8)7(5)9/h2-3H,1,4H2. The molecule has 48 valence electrons. The molecule has 0 heterocycles. The number of hydrogen-bond acceptors (Lipinski definition) is 0. The van der Waals surface area contributed by atoms with E-state index in [-0.39, 0.29) is 10.9 Å². The van der Waals surface area contributed by atoms with Gasteiger partial charge in [0.25, 0.3) is 0 Å². The summed E-state index contributed by atoms with van der Waals surface area (Å²) in [4.78, 5) is 0. The third kappa shape index (κ3) is 1.22. The predicted molar refractivity (Wildman–Crippen MR) is 36.9 cm³/mol. The molecular weight excluding hydrogens is 139 g/mol. The lowest BCUT2D eigenvalue weighted by Crippen LogP contribution is -1.86. The molecule has 0 unspecified atom stereocenters. The Balaban J connectivity index is 2.92. The number of hydrogen-bond donors (Lipinski definition) is 0. The molecule has 1 rings (SSSR count). The van der Waals surface area contributed by atoms with Crippen molar-refractivity contribution in [1.82, 2.24) is 0 Å². The van der Waals surface area contributed by atoms with Crippen LogP contribution >= 0.6 is 11.6 Å². The van der Waals surface area contributed by atoms with Crippen molar-refractivity contribution >= 4 is 11.6 Å². The smallest absolute Gasteiger partial charge is 0.144 e. The Morgan fingerprint density at radius 2 is 2.33 bits per heavy atom. The van der Waals surface area contributed by atoms with Crippen molar-refractivity contribution in [2.24, 2.45) is 0 Å². The van der Waals surface area contributed by atoms with Gasteiger partial charge in [0.05, 0.1) is 5.03 Å². The molecule has 9 heavy (non-hydrogen) atoms. The van der Waals surface area contributed by atoms with E-state index in [0.29, 0.717) is 12.0 Å². The summed E-state index contributed by atoms with van der Waals surface area (Å²) in [5, 5.41) is 0.252. The highest BCUT2D eigenvalue weighted by atomic mass is 35.5. The topological polar surface area (TPSA) is 0 Å². The largest absolute Gasteiger partial charge is 0.205 e. The maximum atomic E-state index is 12.6. The first-order valence-corrected chi connectivity index (χ1v) is 2.99. The molecule has 0 spiro atoms. The molecule has 0 saturated heterocycles. The van der Waals surface area contributed by atoms with E-state index in [1.54, 1.807) is 12.2 Å². The fourth-order valence-corrected chi connectivity index (χ4v) is 0.852. The summed E-state index contributed by atoms with van der Waals surface area (Å²) in [6.07, 6.45) is 3.90. The van der Waals surface area contributed by atoms with E-state index in [1.165, 1.54) is 0 Å². The van der Waals surface area contributed by atoms with Gasteiger partial charge >= 0.3 is 0 Å². The van der Waals surface area contributed by atoms with Crippen molar-refractivity contribution < 1.29 is 4.39 Å². The molecule has 1 aliphatic rings. The minimum atomic E-state index is -0.376. The van der Waals surface area contributed by atoms with Gasteiger partial charge < -0.3 is 0 Å². The fourth-order valence-electron chi connectivity index (χ4n) is 0.642. The van der Waals surface area contributed by atoms with Crippen LogP contribution in [-0.2, 0) is 0 Å². The molecule has 1 aliphatic carbocycles. The zero-order valence-electron chi connectivity index (χ0n) is 4.82. The van der Waals surface area contributed by atoms with E-state index >= 15 is 0 Å². The van der Waals surface area contributed by atoms with E-state index in [0.717, 1.165) is 0 Å². The highest BCUT2D eigenvalue weighted by molar-refractivity contribution is 6.30.